The lowest BCUT2D eigenvalue weighted by Crippen LogP contribution is -2.22. The van der Waals surface area contributed by atoms with Crippen LogP contribution in [0.2, 0.25) is 0 Å². The topological polar surface area (TPSA) is 60.4 Å². The van der Waals surface area contributed by atoms with E-state index in [9.17, 15) is 14.4 Å². The van der Waals surface area contributed by atoms with E-state index in [0.717, 1.165) is 5.56 Å². The Morgan fingerprint density at radius 2 is 1.35 bits per heavy atom. The number of esters is 1. The van der Waals surface area contributed by atoms with E-state index >= 15 is 0 Å². The van der Waals surface area contributed by atoms with Gasteiger partial charge < -0.3 is 4.74 Å². The molecule has 4 nitrogen and oxygen atoms in total. The highest BCUT2D eigenvalue weighted by Crippen LogP contribution is 2.33. The highest BCUT2D eigenvalue weighted by Gasteiger charge is 2.32. The maximum Gasteiger partial charge on any atom is 0.343 e. The molecule has 0 N–H and O–H groups in total. The van der Waals surface area contributed by atoms with Crippen molar-refractivity contribution in [2.45, 2.75) is 6.92 Å². The van der Waals surface area contributed by atoms with Crippen molar-refractivity contribution in [1.29, 1.82) is 0 Å². The molecule has 3 aromatic rings. The molecule has 0 spiro atoms. The Balaban J connectivity index is 1.76. The highest BCUT2D eigenvalue weighted by atomic mass is 16.5. The summed E-state index contributed by atoms with van der Waals surface area (Å²) in [4.78, 5) is 38.0. The van der Waals surface area contributed by atoms with Crippen LogP contribution in [0.25, 0.3) is 0 Å². The van der Waals surface area contributed by atoms with Gasteiger partial charge in [0.15, 0.2) is 11.6 Å². The molecule has 0 amide bonds. The van der Waals surface area contributed by atoms with Crippen LogP contribution < -0.4 is 4.74 Å². The minimum atomic E-state index is -0.572. The van der Waals surface area contributed by atoms with Gasteiger partial charge >= 0.3 is 5.97 Å². The molecule has 1 aliphatic carbocycles. The minimum absolute atomic E-state index is 0.0981. The summed E-state index contributed by atoms with van der Waals surface area (Å²) in [5.74, 6) is -1.04. The molecule has 126 valence electrons. The van der Waals surface area contributed by atoms with Gasteiger partial charge in [0.2, 0.25) is 0 Å². The van der Waals surface area contributed by atoms with Gasteiger partial charge in [-0.15, -0.1) is 0 Å². The Bertz CT molecular complexity index is 1060. The van der Waals surface area contributed by atoms with Crippen molar-refractivity contribution in [3.63, 3.8) is 0 Å². The van der Waals surface area contributed by atoms with Gasteiger partial charge in [0.1, 0.15) is 5.75 Å². The number of hydrogen-bond acceptors (Lipinski definition) is 4. The molecular weight excluding hydrogens is 328 g/mol. The van der Waals surface area contributed by atoms with Crippen LogP contribution in [0.5, 0.6) is 5.75 Å². The number of ether oxygens (including phenoxy) is 1. The van der Waals surface area contributed by atoms with Crippen molar-refractivity contribution in [2.24, 2.45) is 0 Å². The Morgan fingerprint density at radius 3 is 2.04 bits per heavy atom. The summed E-state index contributed by atoms with van der Waals surface area (Å²) < 4.78 is 5.46. The van der Waals surface area contributed by atoms with E-state index in [1.165, 1.54) is 6.07 Å². The first-order valence-electron chi connectivity index (χ1n) is 8.16. The smallest absolute Gasteiger partial charge is 0.343 e. The standard InChI is InChI=1S/C22H14O4/c1-13-9-11-14(12-10-13)22(25)26-18-8-4-7-17-19(18)21(24)16-6-3-2-5-15(16)20(17)23/h2-12H,1H3. The number of ketones is 2. The van der Waals surface area contributed by atoms with E-state index in [2.05, 4.69) is 0 Å². The number of rotatable bonds is 2. The molecule has 0 saturated carbocycles. The predicted octanol–water partition coefficient (Wildman–Crippen LogP) is 3.99. The molecule has 0 unspecified atom stereocenters. The summed E-state index contributed by atoms with van der Waals surface area (Å²) in [5, 5.41) is 0. The van der Waals surface area contributed by atoms with E-state index in [-0.39, 0.29) is 28.4 Å². The average Bonchev–Trinajstić information content (AvgIpc) is 2.66. The molecule has 1 aliphatic rings. The molecule has 0 aliphatic heterocycles. The molecule has 0 aromatic heterocycles. The molecule has 0 bridgehead atoms. The van der Waals surface area contributed by atoms with Gasteiger partial charge in [-0.2, -0.15) is 0 Å². The SMILES string of the molecule is Cc1ccc(C(=O)Oc2cccc3c2C(=O)c2ccccc2C3=O)cc1. The van der Waals surface area contributed by atoms with Crippen molar-refractivity contribution < 1.29 is 19.1 Å². The van der Waals surface area contributed by atoms with E-state index in [0.29, 0.717) is 16.7 Å². The zero-order valence-electron chi connectivity index (χ0n) is 14.0. The lowest BCUT2D eigenvalue weighted by Gasteiger charge is -2.19. The number of hydrogen-bond donors (Lipinski definition) is 0. The third kappa shape index (κ3) is 2.52. The molecular formula is C22H14O4. The molecule has 0 atom stereocenters. The van der Waals surface area contributed by atoms with Crippen LogP contribution in [0.15, 0.2) is 66.7 Å². The summed E-state index contributed by atoms with van der Waals surface area (Å²) in [6.45, 7) is 1.92. The molecule has 3 aromatic carbocycles. The van der Waals surface area contributed by atoms with Gasteiger partial charge in [0.25, 0.3) is 0 Å². The van der Waals surface area contributed by atoms with E-state index in [1.54, 1.807) is 48.5 Å². The summed E-state index contributed by atoms with van der Waals surface area (Å²) in [7, 11) is 0. The predicted molar refractivity (Wildman–Crippen MR) is 95.9 cm³/mol. The van der Waals surface area contributed by atoms with E-state index in [4.69, 9.17) is 4.74 Å². The summed E-state index contributed by atoms with van der Waals surface area (Å²) in [5.41, 5.74) is 2.48. The average molecular weight is 342 g/mol. The molecule has 0 saturated heterocycles. The number of benzene rings is 3. The normalized spacial score (nSPS) is 12.3. The second kappa shape index (κ2) is 6.08. The first kappa shape index (κ1) is 16.0. The Kier molecular flexibility index (Phi) is 3.73. The first-order valence-corrected chi connectivity index (χ1v) is 8.16. The second-order valence-electron chi connectivity index (χ2n) is 6.14. The Labute approximate surface area is 150 Å². The molecule has 0 fully saturated rings. The highest BCUT2D eigenvalue weighted by molar-refractivity contribution is 6.29. The van der Waals surface area contributed by atoms with Crippen molar-refractivity contribution in [3.8, 4) is 5.75 Å². The van der Waals surface area contributed by atoms with Crippen LogP contribution in [0.3, 0.4) is 0 Å². The van der Waals surface area contributed by atoms with Crippen LogP contribution in [0, 0.1) is 6.92 Å². The molecule has 0 heterocycles. The van der Waals surface area contributed by atoms with Gasteiger partial charge in [-0.3, -0.25) is 9.59 Å². The first-order chi connectivity index (χ1) is 12.6. The lowest BCUT2D eigenvalue weighted by molar-refractivity contribution is 0.0731. The summed E-state index contributed by atoms with van der Waals surface area (Å²) >= 11 is 0. The van der Waals surface area contributed by atoms with Gasteiger partial charge in [-0.25, -0.2) is 4.79 Å². The van der Waals surface area contributed by atoms with E-state index < -0.39 is 5.97 Å². The molecule has 26 heavy (non-hydrogen) atoms. The fourth-order valence-electron chi connectivity index (χ4n) is 3.05. The number of fused-ring (bicyclic) bond motifs is 2. The van der Waals surface area contributed by atoms with Gasteiger partial charge in [0, 0.05) is 16.7 Å². The summed E-state index contributed by atoms with van der Waals surface area (Å²) in [6.07, 6.45) is 0. The van der Waals surface area contributed by atoms with Crippen molar-refractivity contribution in [3.05, 3.63) is 100 Å². The van der Waals surface area contributed by atoms with Crippen LogP contribution in [-0.4, -0.2) is 17.5 Å². The number of carbonyl (C=O) groups excluding carboxylic acids is 3. The van der Waals surface area contributed by atoms with E-state index in [1.807, 2.05) is 19.1 Å². The minimum Gasteiger partial charge on any atom is -0.422 e. The van der Waals surface area contributed by atoms with Crippen LogP contribution >= 0.6 is 0 Å². The molecule has 4 heteroatoms. The van der Waals surface area contributed by atoms with Crippen LogP contribution in [0.1, 0.15) is 47.8 Å². The second-order valence-corrected chi connectivity index (χ2v) is 6.14. The maximum atomic E-state index is 12.9. The van der Waals surface area contributed by atoms with Crippen LogP contribution in [-0.2, 0) is 0 Å². The monoisotopic (exact) mass is 342 g/mol. The quantitative estimate of drug-likeness (QED) is 0.408. The molecule has 0 radical (unpaired) electrons. The number of carbonyl (C=O) groups is 3. The number of aryl methyl sites for hydroxylation is 1. The van der Waals surface area contributed by atoms with Crippen molar-refractivity contribution in [1.82, 2.24) is 0 Å². The largest absolute Gasteiger partial charge is 0.422 e. The zero-order valence-corrected chi connectivity index (χ0v) is 14.0. The Morgan fingerprint density at radius 1 is 0.731 bits per heavy atom. The van der Waals surface area contributed by atoms with Gasteiger partial charge in [-0.05, 0) is 25.1 Å². The fraction of sp³-hybridized carbons (Fsp3) is 0.0455. The van der Waals surface area contributed by atoms with Gasteiger partial charge in [-0.1, -0.05) is 54.1 Å². The fourth-order valence-corrected chi connectivity index (χ4v) is 3.05. The zero-order chi connectivity index (χ0) is 18.3. The summed E-state index contributed by atoms with van der Waals surface area (Å²) in [6, 6.07) is 18.3. The van der Waals surface area contributed by atoms with Crippen molar-refractivity contribution >= 4 is 17.5 Å². The van der Waals surface area contributed by atoms with Gasteiger partial charge in [0.05, 0.1) is 11.1 Å². The maximum absolute atomic E-state index is 12.9. The Hall–Kier alpha value is -3.53. The van der Waals surface area contributed by atoms with Crippen molar-refractivity contribution in [2.75, 3.05) is 0 Å². The third-order valence-corrected chi connectivity index (χ3v) is 4.40. The third-order valence-electron chi connectivity index (χ3n) is 4.40. The molecule has 4 rings (SSSR count). The lowest BCUT2D eigenvalue weighted by atomic mass is 9.83. The van der Waals surface area contributed by atoms with Crippen LogP contribution in [0.4, 0.5) is 0 Å².